The van der Waals surface area contributed by atoms with Crippen LogP contribution in [0.2, 0.25) is 0 Å². The molecule has 1 aromatic heterocycles. The lowest BCUT2D eigenvalue weighted by Gasteiger charge is -2.15. The Hall–Kier alpha value is -2.66. The van der Waals surface area contributed by atoms with Gasteiger partial charge in [0, 0.05) is 12.1 Å². The van der Waals surface area contributed by atoms with E-state index in [1.807, 2.05) is 60.7 Å². The molecule has 0 radical (unpaired) electrons. The van der Waals surface area contributed by atoms with E-state index in [0.29, 0.717) is 11.7 Å². The third-order valence-electron chi connectivity index (χ3n) is 4.98. The average molecular weight is 363 g/mol. The largest absolute Gasteiger partial charge is 0.494 e. The molecule has 2 aromatic carbocycles. The van der Waals surface area contributed by atoms with Gasteiger partial charge in [0.2, 0.25) is 11.7 Å². The molecule has 1 fully saturated rings. The zero-order valence-electron chi connectivity index (χ0n) is 15.5. The Morgan fingerprint density at radius 1 is 1.00 bits per heavy atom. The van der Waals surface area contributed by atoms with Gasteiger partial charge < -0.3 is 14.2 Å². The maximum Gasteiger partial charge on any atom is 0.231 e. The number of nitrogens with zero attached hydrogens (tertiary/aromatic N) is 3. The van der Waals surface area contributed by atoms with Crippen molar-refractivity contribution in [1.82, 2.24) is 15.0 Å². The SMILES string of the molecule is c1ccc(OCCCCN2CC[C@H](c3nc(-c4ccccc4)no3)C2)cc1. The molecule has 5 heteroatoms. The minimum absolute atomic E-state index is 0.343. The van der Waals surface area contributed by atoms with Crippen molar-refractivity contribution in [3.05, 3.63) is 66.6 Å². The quantitative estimate of drug-likeness (QED) is 0.556. The van der Waals surface area contributed by atoms with Crippen LogP contribution in [0.15, 0.2) is 65.2 Å². The monoisotopic (exact) mass is 363 g/mol. The Kier molecular flexibility index (Phi) is 5.80. The fourth-order valence-electron chi connectivity index (χ4n) is 3.49. The van der Waals surface area contributed by atoms with Crippen LogP contribution in [0.4, 0.5) is 0 Å². The van der Waals surface area contributed by atoms with Crippen molar-refractivity contribution in [2.75, 3.05) is 26.2 Å². The lowest BCUT2D eigenvalue weighted by Crippen LogP contribution is -2.22. The normalized spacial score (nSPS) is 17.3. The van der Waals surface area contributed by atoms with Gasteiger partial charge in [-0.3, -0.25) is 0 Å². The van der Waals surface area contributed by atoms with Crippen molar-refractivity contribution in [3.63, 3.8) is 0 Å². The average Bonchev–Trinajstić information content (AvgIpc) is 3.39. The second kappa shape index (κ2) is 8.82. The van der Waals surface area contributed by atoms with Crippen LogP contribution in [0.1, 0.15) is 31.1 Å². The Bertz CT molecular complexity index is 820. The van der Waals surface area contributed by atoms with Crippen LogP contribution in [0.25, 0.3) is 11.4 Å². The van der Waals surface area contributed by atoms with Crippen LogP contribution in [0.5, 0.6) is 5.75 Å². The van der Waals surface area contributed by atoms with Crippen molar-refractivity contribution in [1.29, 1.82) is 0 Å². The number of para-hydroxylation sites is 1. The molecule has 0 saturated carbocycles. The molecule has 1 aliphatic heterocycles. The predicted molar refractivity (Wildman–Crippen MR) is 105 cm³/mol. The highest BCUT2D eigenvalue weighted by Crippen LogP contribution is 2.27. The molecule has 3 aromatic rings. The number of likely N-dealkylation sites (tertiary alicyclic amines) is 1. The van der Waals surface area contributed by atoms with E-state index < -0.39 is 0 Å². The molecule has 0 unspecified atom stereocenters. The summed E-state index contributed by atoms with van der Waals surface area (Å²) in [6.07, 6.45) is 3.28. The first-order chi connectivity index (χ1) is 13.4. The van der Waals surface area contributed by atoms with Crippen LogP contribution >= 0.6 is 0 Å². The molecule has 0 N–H and O–H groups in total. The second-order valence-electron chi connectivity index (χ2n) is 6.98. The number of aromatic nitrogens is 2. The number of ether oxygens (including phenoxy) is 1. The van der Waals surface area contributed by atoms with Crippen LogP contribution in [0, 0.1) is 0 Å². The fraction of sp³-hybridized carbons (Fsp3) is 0.364. The molecule has 2 heterocycles. The lowest BCUT2D eigenvalue weighted by molar-refractivity contribution is 0.275. The number of hydrogen-bond acceptors (Lipinski definition) is 5. The Morgan fingerprint density at radius 3 is 2.59 bits per heavy atom. The lowest BCUT2D eigenvalue weighted by atomic mass is 10.1. The third kappa shape index (κ3) is 4.74. The number of benzene rings is 2. The summed E-state index contributed by atoms with van der Waals surface area (Å²) in [5.41, 5.74) is 1.00. The molecular formula is C22H25N3O2. The molecule has 1 atom stereocenters. The predicted octanol–water partition coefficient (Wildman–Crippen LogP) is 4.39. The van der Waals surface area contributed by atoms with E-state index >= 15 is 0 Å². The summed E-state index contributed by atoms with van der Waals surface area (Å²) in [6, 6.07) is 20.0. The summed E-state index contributed by atoms with van der Waals surface area (Å²) in [4.78, 5) is 7.10. The summed E-state index contributed by atoms with van der Waals surface area (Å²) in [6.45, 7) is 3.95. The standard InChI is InChI=1S/C22H25N3O2/c1-3-9-18(10-4-1)21-23-22(27-24-21)19-13-15-25(17-19)14-7-8-16-26-20-11-5-2-6-12-20/h1-6,9-12,19H,7-8,13-17H2/t19-/m0/s1. The Morgan fingerprint density at radius 2 is 1.78 bits per heavy atom. The summed E-state index contributed by atoms with van der Waals surface area (Å²) >= 11 is 0. The second-order valence-corrected chi connectivity index (χ2v) is 6.98. The minimum atomic E-state index is 0.343. The van der Waals surface area contributed by atoms with Crippen molar-refractivity contribution in [2.45, 2.75) is 25.2 Å². The molecule has 0 amide bonds. The van der Waals surface area contributed by atoms with Crippen molar-refractivity contribution in [3.8, 4) is 17.1 Å². The summed E-state index contributed by atoms with van der Waals surface area (Å²) in [7, 11) is 0. The Labute approximate surface area is 160 Å². The molecule has 0 aliphatic carbocycles. The zero-order valence-corrected chi connectivity index (χ0v) is 15.5. The van der Waals surface area contributed by atoms with Crippen LogP contribution in [-0.2, 0) is 0 Å². The van der Waals surface area contributed by atoms with Crippen molar-refractivity contribution < 1.29 is 9.26 Å². The van der Waals surface area contributed by atoms with Gasteiger partial charge in [0.25, 0.3) is 0 Å². The molecule has 140 valence electrons. The maximum absolute atomic E-state index is 5.75. The van der Waals surface area contributed by atoms with Crippen LogP contribution in [-0.4, -0.2) is 41.3 Å². The summed E-state index contributed by atoms with van der Waals surface area (Å²) in [5, 5.41) is 4.15. The summed E-state index contributed by atoms with van der Waals surface area (Å²) in [5.74, 6) is 2.74. The highest BCUT2D eigenvalue weighted by Gasteiger charge is 2.28. The van der Waals surface area contributed by atoms with E-state index in [9.17, 15) is 0 Å². The first-order valence-electron chi connectivity index (χ1n) is 9.68. The van der Waals surface area contributed by atoms with Crippen LogP contribution < -0.4 is 4.74 Å². The van der Waals surface area contributed by atoms with E-state index in [0.717, 1.165) is 62.7 Å². The van der Waals surface area contributed by atoms with E-state index in [-0.39, 0.29) is 0 Å². The van der Waals surface area contributed by atoms with Crippen LogP contribution in [0.3, 0.4) is 0 Å². The number of unbranched alkanes of at least 4 members (excludes halogenated alkanes) is 1. The smallest absolute Gasteiger partial charge is 0.231 e. The van der Waals surface area contributed by atoms with E-state index in [1.54, 1.807) is 0 Å². The van der Waals surface area contributed by atoms with Gasteiger partial charge in [0.1, 0.15) is 5.75 Å². The van der Waals surface area contributed by atoms with Gasteiger partial charge in [-0.25, -0.2) is 0 Å². The van der Waals surface area contributed by atoms with Gasteiger partial charge in [0.15, 0.2) is 0 Å². The third-order valence-corrected chi connectivity index (χ3v) is 4.98. The first-order valence-corrected chi connectivity index (χ1v) is 9.68. The molecule has 1 aliphatic rings. The Balaban J connectivity index is 1.20. The number of hydrogen-bond donors (Lipinski definition) is 0. The molecule has 4 rings (SSSR count). The molecule has 0 bridgehead atoms. The van der Waals surface area contributed by atoms with E-state index in [1.165, 1.54) is 0 Å². The minimum Gasteiger partial charge on any atom is -0.494 e. The molecule has 27 heavy (non-hydrogen) atoms. The van der Waals surface area contributed by atoms with E-state index in [2.05, 4.69) is 15.0 Å². The van der Waals surface area contributed by atoms with Crippen molar-refractivity contribution in [2.24, 2.45) is 0 Å². The fourth-order valence-corrected chi connectivity index (χ4v) is 3.49. The zero-order chi connectivity index (χ0) is 18.3. The summed E-state index contributed by atoms with van der Waals surface area (Å²) < 4.78 is 11.3. The molecular weight excluding hydrogens is 338 g/mol. The maximum atomic E-state index is 5.75. The topological polar surface area (TPSA) is 51.4 Å². The molecule has 5 nitrogen and oxygen atoms in total. The highest BCUT2D eigenvalue weighted by molar-refractivity contribution is 5.53. The van der Waals surface area contributed by atoms with E-state index in [4.69, 9.17) is 9.26 Å². The number of rotatable bonds is 8. The van der Waals surface area contributed by atoms with Gasteiger partial charge in [0.05, 0.1) is 12.5 Å². The molecule has 0 spiro atoms. The highest BCUT2D eigenvalue weighted by atomic mass is 16.5. The molecule has 1 saturated heterocycles. The first kappa shape index (κ1) is 17.7. The van der Waals surface area contributed by atoms with Gasteiger partial charge in [-0.1, -0.05) is 53.7 Å². The van der Waals surface area contributed by atoms with Gasteiger partial charge >= 0.3 is 0 Å². The van der Waals surface area contributed by atoms with Gasteiger partial charge in [-0.2, -0.15) is 4.98 Å². The van der Waals surface area contributed by atoms with Gasteiger partial charge in [-0.05, 0) is 44.5 Å². The van der Waals surface area contributed by atoms with Gasteiger partial charge in [-0.15, -0.1) is 0 Å². The van der Waals surface area contributed by atoms with Crippen molar-refractivity contribution >= 4 is 0 Å².